The molecule has 148 valence electrons. The fourth-order valence-electron chi connectivity index (χ4n) is 2.44. The number of imidazole rings is 1. The summed E-state index contributed by atoms with van der Waals surface area (Å²) < 4.78 is 8.11. The first-order valence-electron chi connectivity index (χ1n) is 8.70. The van der Waals surface area contributed by atoms with E-state index >= 15 is 0 Å². The van der Waals surface area contributed by atoms with E-state index in [4.69, 9.17) is 5.73 Å². The number of carbonyl (C=O) groups excluding carboxylic acids is 2. The molecule has 2 rings (SSSR count). The van der Waals surface area contributed by atoms with E-state index < -0.39 is 0 Å². The lowest BCUT2D eigenvalue weighted by Gasteiger charge is -2.04. The molecule has 0 aliphatic heterocycles. The van der Waals surface area contributed by atoms with Crippen molar-refractivity contribution in [1.82, 2.24) is 19.4 Å². The average Bonchev–Trinajstić information content (AvgIpc) is 3.17. The maximum Gasteiger partial charge on any atom is 0.307 e. The number of nitrogens with one attached hydrogen (secondary N) is 3. The van der Waals surface area contributed by atoms with Gasteiger partial charge in [-0.2, -0.15) is 4.98 Å². The number of nitrogens with zero attached hydrogens (tertiary/aromatic N) is 3. The second-order valence-electron chi connectivity index (χ2n) is 6.06. The van der Waals surface area contributed by atoms with Crippen LogP contribution >= 0.6 is 0 Å². The number of nitrogens with two attached hydrogens (primary N) is 1. The van der Waals surface area contributed by atoms with Gasteiger partial charge in [0.1, 0.15) is 11.5 Å². The van der Waals surface area contributed by atoms with Gasteiger partial charge in [-0.1, -0.05) is 0 Å². The molecule has 0 atom stereocenters. The number of aryl methyl sites for hydroxylation is 2. The molecule has 0 saturated carbocycles. The van der Waals surface area contributed by atoms with Crippen molar-refractivity contribution in [2.24, 2.45) is 19.8 Å². The minimum absolute atomic E-state index is 0.130. The number of carbonyl (C=O) groups is 2. The lowest BCUT2D eigenvalue weighted by Crippen LogP contribution is -2.27. The van der Waals surface area contributed by atoms with Crippen LogP contribution < -0.4 is 21.7 Å². The van der Waals surface area contributed by atoms with E-state index in [1.165, 1.54) is 7.11 Å². The zero-order valence-corrected chi connectivity index (χ0v) is 15.9. The average molecular weight is 377 g/mol. The molecule has 2 aromatic rings. The van der Waals surface area contributed by atoms with E-state index in [1.807, 2.05) is 17.8 Å². The van der Waals surface area contributed by atoms with Crippen molar-refractivity contribution in [2.45, 2.75) is 12.8 Å². The summed E-state index contributed by atoms with van der Waals surface area (Å²) >= 11 is 0. The van der Waals surface area contributed by atoms with Crippen LogP contribution in [0.15, 0.2) is 18.5 Å². The summed E-state index contributed by atoms with van der Waals surface area (Å²) in [5.41, 5.74) is 6.69. The van der Waals surface area contributed by atoms with E-state index in [2.05, 4.69) is 25.7 Å². The van der Waals surface area contributed by atoms with Gasteiger partial charge in [-0.05, 0) is 19.0 Å². The van der Waals surface area contributed by atoms with Crippen LogP contribution in [0, 0.1) is 0 Å². The van der Waals surface area contributed by atoms with Crippen molar-refractivity contribution in [3.8, 4) is 0 Å². The Kier molecular flexibility index (Phi) is 7.24. The zero-order valence-electron chi connectivity index (χ0n) is 15.9. The highest BCUT2D eigenvalue weighted by molar-refractivity contribution is 5.94. The SMILES string of the molecule is COC(=O)CCNC(=O)c1cc(Nc2nc(NCCCN)cn2C)cn1C. The molecular formula is C17H27N7O3. The normalized spacial score (nSPS) is 10.5. The molecule has 0 fully saturated rings. The van der Waals surface area contributed by atoms with Gasteiger partial charge < -0.3 is 35.6 Å². The Morgan fingerprint density at radius 3 is 2.70 bits per heavy atom. The third kappa shape index (κ3) is 5.74. The van der Waals surface area contributed by atoms with Crippen molar-refractivity contribution >= 4 is 29.3 Å². The molecule has 0 aliphatic carbocycles. The number of esters is 1. The van der Waals surface area contributed by atoms with Gasteiger partial charge in [-0.15, -0.1) is 0 Å². The van der Waals surface area contributed by atoms with Crippen LogP contribution in [0.4, 0.5) is 17.5 Å². The fraction of sp³-hybridized carbons (Fsp3) is 0.471. The Balaban J connectivity index is 1.97. The zero-order chi connectivity index (χ0) is 19.8. The highest BCUT2D eigenvalue weighted by Crippen LogP contribution is 2.20. The minimum Gasteiger partial charge on any atom is -0.469 e. The van der Waals surface area contributed by atoms with Gasteiger partial charge in [-0.3, -0.25) is 9.59 Å². The Labute approximate surface area is 158 Å². The van der Waals surface area contributed by atoms with Crippen molar-refractivity contribution < 1.29 is 14.3 Å². The van der Waals surface area contributed by atoms with Gasteiger partial charge >= 0.3 is 5.97 Å². The maximum atomic E-state index is 12.3. The van der Waals surface area contributed by atoms with E-state index in [0.29, 0.717) is 18.2 Å². The molecule has 0 aromatic carbocycles. The van der Waals surface area contributed by atoms with E-state index in [0.717, 1.165) is 24.5 Å². The standard InChI is InChI=1S/C17H27N7O3/c1-23-10-12(9-13(23)16(26)20-8-5-15(25)27-3)21-17-22-14(11-24(17)2)19-7-4-6-18/h9-11,19H,4-8,18H2,1-3H3,(H,20,26)(H,21,22). The summed E-state index contributed by atoms with van der Waals surface area (Å²) in [6.45, 7) is 1.60. The molecule has 5 N–H and O–H groups in total. The number of hydrogen-bond acceptors (Lipinski definition) is 7. The van der Waals surface area contributed by atoms with Gasteiger partial charge in [0.2, 0.25) is 5.95 Å². The lowest BCUT2D eigenvalue weighted by atomic mass is 10.3. The summed E-state index contributed by atoms with van der Waals surface area (Å²) in [6.07, 6.45) is 4.67. The van der Waals surface area contributed by atoms with Crippen molar-refractivity contribution in [2.75, 3.05) is 37.4 Å². The van der Waals surface area contributed by atoms with E-state index in [-0.39, 0.29) is 24.8 Å². The van der Waals surface area contributed by atoms with Crippen LogP contribution in [0.3, 0.4) is 0 Å². The molecule has 0 saturated heterocycles. The molecule has 27 heavy (non-hydrogen) atoms. The molecule has 1 amide bonds. The highest BCUT2D eigenvalue weighted by atomic mass is 16.5. The van der Waals surface area contributed by atoms with E-state index in [9.17, 15) is 9.59 Å². The number of rotatable bonds is 10. The van der Waals surface area contributed by atoms with Crippen molar-refractivity contribution in [3.63, 3.8) is 0 Å². The Hall–Kier alpha value is -3.01. The number of anilines is 3. The van der Waals surface area contributed by atoms with Crippen LogP contribution in [0.5, 0.6) is 0 Å². The summed E-state index contributed by atoms with van der Waals surface area (Å²) in [7, 11) is 4.97. The molecule has 0 bridgehead atoms. The first kappa shape index (κ1) is 20.3. The van der Waals surface area contributed by atoms with Crippen LogP contribution in [-0.4, -0.2) is 52.7 Å². The minimum atomic E-state index is -0.366. The maximum absolute atomic E-state index is 12.3. The summed E-state index contributed by atoms with van der Waals surface area (Å²) in [5.74, 6) is 0.771. The predicted octanol–water partition coefficient (Wildman–Crippen LogP) is 0.556. The molecule has 2 heterocycles. The van der Waals surface area contributed by atoms with Crippen LogP contribution in [0.2, 0.25) is 0 Å². The highest BCUT2D eigenvalue weighted by Gasteiger charge is 2.14. The monoisotopic (exact) mass is 377 g/mol. The second-order valence-corrected chi connectivity index (χ2v) is 6.06. The molecule has 10 heteroatoms. The number of hydrogen-bond donors (Lipinski definition) is 4. The molecule has 0 unspecified atom stereocenters. The third-order valence-corrected chi connectivity index (χ3v) is 3.90. The molecule has 0 radical (unpaired) electrons. The quantitative estimate of drug-likeness (QED) is 0.352. The first-order chi connectivity index (χ1) is 12.9. The fourth-order valence-corrected chi connectivity index (χ4v) is 2.44. The molecule has 0 aliphatic rings. The van der Waals surface area contributed by atoms with E-state index in [1.54, 1.807) is 23.9 Å². The lowest BCUT2D eigenvalue weighted by molar-refractivity contribution is -0.140. The van der Waals surface area contributed by atoms with Gasteiger partial charge in [0.05, 0.1) is 19.2 Å². The summed E-state index contributed by atoms with van der Waals surface area (Å²) in [5, 5.41) is 9.10. The van der Waals surface area contributed by atoms with Crippen LogP contribution in [-0.2, 0) is 23.6 Å². The van der Waals surface area contributed by atoms with Crippen LogP contribution in [0.25, 0.3) is 0 Å². The largest absolute Gasteiger partial charge is 0.469 e. The molecule has 10 nitrogen and oxygen atoms in total. The summed E-state index contributed by atoms with van der Waals surface area (Å²) in [6, 6.07) is 1.73. The molecule has 2 aromatic heterocycles. The smallest absolute Gasteiger partial charge is 0.307 e. The molecular weight excluding hydrogens is 350 g/mol. The predicted molar refractivity (Wildman–Crippen MR) is 103 cm³/mol. The Morgan fingerprint density at radius 2 is 2.00 bits per heavy atom. The Bertz CT molecular complexity index is 782. The van der Waals surface area contributed by atoms with Crippen LogP contribution in [0.1, 0.15) is 23.3 Å². The van der Waals surface area contributed by atoms with Gasteiger partial charge in [0, 0.05) is 39.6 Å². The van der Waals surface area contributed by atoms with Gasteiger partial charge in [-0.25, -0.2) is 0 Å². The van der Waals surface area contributed by atoms with Gasteiger partial charge in [0.25, 0.3) is 5.91 Å². The number of amides is 1. The number of ether oxygens (including phenoxy) is 1. The number of methoxy groups -OCH3 is 1. The summed E-state index contributed by atoms with van der Waals surface area (Å²) in [4.78, 5) is 27.9. The topological polar surface area (TPSA) is 128 Å². The van der Waals surface area contributed by atoms with Crippen molar-refractivity contribution in [3.05, 3.63) is 24.2 Å². The van der Waals surface area contributed by atoms with Crippen molar-refractivity contribution in [1.29, 1.82) is 0 Å². The second kappa shape index (κ2) is 9.62. The third-order valence-electron chi connectivity index (χ3n) is 3.90. The first-order valence-corrected chi connectivity index (χ1v) is 8.70. The van der Waals surface area contributed by atoms with Gasteiger partial charge in [0.15, 0.2) is 0 Å². The Morgan fingerprint density at radius 1 is 1.22 bits per heavy atom. The number of aromatic nitrogens is 3. The molecule has 0 spiro atoms.